The molecule has 0 radical (unpaired) electrons. The van der Waals surface area contributed by atoms with Crippen molar-refractivity contribution in [3.8, 4) is 5.75 Å². The summed E-state index contributed by atoms with van der Waals surface area (Å²) >= 11 is 0. The highest BCUT2D eigenvalue weighted by Crippen LogP contribution is 2.28. The molecular formula is C27H32N4O6S. The third-order valence-electron chi connectivity index (χ3n) is 6.51. The summed E-state index contributed by atoms with van der Waals surface area (Å²) in [7, 11) is -2.03. The molecule has 4 N–H and O–H groups in total. The molecule has 11 heteroatoms. The van der Waals surface area contributed by atoms with Crippen LogP contribution in [0.4, 0.5) is 0 Å². The summed E-state index contributed by atoms with van der Waals surface area (Å²) in [6, 6.07) is 15.4. The van der Waals surface area contributed by atoms with E-state index in [-0.39, 0.29) is 11.9 Å². The normalized spacial score (nSPS) is 15.6. The van der Waals surface area contributed by atoms with Gasteiger partial charge in [0.25, 0.3) is 16.0 Å². The minimum atomic E-state index is -3.67. The first kappa shape index (κ1) is 27.5. The van der Waals surface area contributed by atoms with Crippen molar-refractivity contribution in [1.29, 1.82) is 0 Å². The molecule has 1 aliphatic heterocycles. The van der Waals surface area contributed by atoms with Crippen molar-refractivity contribution in [3.05, 3.63) is 72.1 Å². The molecule has 202 valence electrons. The predicted octanol–water partition coefficient (Wildman–Crippen LogP) is 3.16. The van der Waals surface area contributed by atoms with E-state index in [2.05, 4.69) is 20.2 Å². The standard InChI is InChI=1S/C26H28N4O3.CH4O3S/c1-33-20-4-5-23-22(15-20)21(7-11-27-23)25(31)16-30-12-8-19(9-13-30)29-26(32)18-3-2-17-6-10-28-24(17)14-18;1-5(2,3)4/h2-7,10-11,14-15,19,25,28,31H,8-9,12-13,16H2,1H3,(H,29,32);1H3,(H,2,3,4)/t25-;/m0./s1. The maximum atomic E-state index is 12.7. The van der Waals surface area contributed by atoms with Gasteiger partial charge in [0.2, 0.25) is 0 Å². The van der Waals surface area contributed by atoms with Crippen molar-refractivity contribution < 1.29 is 27.6 Å². The Kier molecular flexibility index (Phi) is 8.62. The Balaban J connectivity index is 0.000000617. The van der Waals surface area contributed by atoms with Gasteiger partial charge in [0.15, 0.2) is 0 Å². The zero-order chi connectivity index (χ0) is 27.3. The van der Waals surface area contributed by atoms with Crippen LogP contribution in [0.5, 0.6) is 5.75 Å². The number of pyridine rings is 1. The van der Waals surface area contributed by atoms with Gasteiger partial charge in [-0.15, -0.1) is 0 Å². The number of rotatable bonds is 6. The lowest BCUT2D eigenvalue weighted by atomic mass is 10.0. The fraction of sp³-hybridized carbons (Fsp3) is 0.333. The maximum Gasteiger partial charge on any atom is 0.261 e. The average molecular weight is 541 g/mol. The van der Waals surface area contributed by atoms with Crippen LogP contribution in [0.3, 0.4) is 0 Å². The SMILES string of the molecule is COc1ccc2nccc([C@@H](O)CN3CCC(NC(=O)c4ccc5cc[nH]c5c4)CC3)c2c1.CS(=O)(=O)O. The highest BCUT2D eigenvalue weighted by Gasteiger charge is 2.24. The number of methoxy groups -OCH3 is 1. The molecule has 10 nitrogen and oxygen atoms in total. The summed E-state index contributed by atoms with van der Waals surface area (Å²) in [5.41, 5.74) is 3.33. The Bertz CT molecular complexity index is 1500. The van der Waals surface area contributed by atoms with E-state index in [1.54, 1.807) is 13.3 Å². The molecule has 0 unspecified atom stereocenters. The Labute approximate surface area is 221 Å². The molecule has 38 heavy (non-hydrogen) atoms. The first-order valence-corrected chi connectivity index (χ1v) is 14.1. The number of nitrogens with zero attached hydrogens (tertiary/aromatic N) is 2. The van der Waals surface area contributed by atoms with E-state index < -0.39 is 16.2 Å². The Morgan fingerprint density at radius 1 is 1.18 bits per heavy atom. The molecule has 3 heterocycles. The molecule has 0 aliphatic carbocycles. The van der Waals surface area contributed by atoms with Gasteiger partial charge in [-0.25, -0.2) is 0 Å². The number of aromatic amines is 1. The summed E-state index contributed by atoms with van der Waals surface area (Å²) in [5.74, 6) is 0.707. The number of benzene rings is 2. The van der Waals surface area contributed by atoms with E-state index >= 15 is 0 Å². The largest absolute Gasteiger partial charge is 0.497 e. The van der Waals surface area contributed by atoms with E-state index in [0.717, 1.165) is 59.0 Å². The number of hydrogen-bond donors (Lipinski definition) is 4. The molecule has 2 aromatic carbocycles. The van der Waals surface area contributed by atoms with Gasteiger partial charge in [0.1, 0.15) is 5.75 Å². The lowest BCUT2D eigenvalue weighted by Gasteiger charge is -2.33. The smallest absolute Gasteiger partial charge is 0.261 e. The topological polar surface area (TPSA) is 145 Å². The third-order valence-corrected chi connectivity index (χ3v) is 6.51. The zero-order valence-electron chi connectivity index (χ0n) is 21.3. The second kappa shape index (κ2) is 11.9. The van der Waals surface area contributed by atoms with E-state index in [0.29, 0.717) is 18.4 Å². The highest BCUT2D eigenvalue weighted by atomic mass is 32.2. The number of aliphatic hydroxyl groups excluding tert-OH is 1. The summed E-state index contributed by atoms with van der Waals surface area (Å²) in [6.07, 6.45) is 5.41. The van der Waals surface area contributed by atoms with Gasteiger partial charge in [-0.1, -0.05) is 6.07 Å². The number of nitrogens with one attached hydrogen (secondary N) is 2. The molecule has 0 spiro atoms. The van der Waals surface area contributed by atoms with E-state index in [4.69, 9.17) is 9.29 Å². The van der Waals surface area contributed by atoms with Gasteiger partial charge < -0.3 is 25.0 Å². The van der Waals surface area contributed by atoms with Crippen molar-refractivity contribution in [2.75, 3.05) is 33.0 Å². The number of carbonyl (C=O) groups is 1. The summed E-state index contributed by atoms with van der Waals surface area (Å²) in [4.78, 5) is 22.5. The lowest BCUT2D eigenvalue weighted by Crippen LogP contribution is -2.45. The van der Waals surface area contributed by atoms with Crippen LogP contribution in [0.25, 0.3) is 21.8 Å². The summed E-state index contributed by atoms with van der Waals surface area (Å²) < 4.78 is 31.2. The van der Waals surface area contributed by atoms with E-state index in [1.165, 1.54) is 0 Å². The van der Waals surface area contributed by atoms with Gasteiger partial charge in [0.05, 0.1) is 25.0 Å². The Morgan fingerprint density at radius 3 is 2.63 bits per heavy atom. The van der Waals surface area contributed by atoms with Crippen LogP contribution in [0, 0.1) is 0 Å². The van der Waals surface area contributed by atoms with Crippen LogP contribution < -0.4 is 10.1 Å². The number of ether oxygens (including phenoxy) is 1. The van der Waals surface area contributed by atoms with Crippen LogP contribution in [0.15, 0.2) is 60.9 Å². The number of amides is 1. The fourth-order valence-corrected chi connectivity index (χ4v) is 4.62. The van der Waals surface area contributed by atoms with Gasteiger partial charge in [-0.3, -0.25) is 14.3 Å². The van der Waals surface area contributed by atoms with Crippen LogP contribution in [0.1, 0.15) is 34.9 Å². The second-order valence-corrected chi connectivity index (χ2v) is 10.8. The molecular weight excluding hydrogens is 508 g/mol. The quantitative estimate of drug-likeness (QED) is 0.273. The first-order chi connectivity index (χ1) is 18.1. The molecule has 1 saturated heterocycles. The van der Waals surface area contributed by atoms with Crippen molar-refractivity contribution in [3.63, 3.8) is 0 Å². The second-order valence-electron chi connectivity index (χ2n) is 9.36. The van der Waals surface area contributed by atoms with Crippen LogP contribution in [0.2, 0.25) is 0 Å². The number of likely N-dealkylation sites (tertiary alicyclic amines) is 1. The number of β-amino-alcohol motifs (C(OH)–C–C–N with tert-alkyl or cyclic N) is 1. The zero-order valence-corrected chi connectivity index (χ0v) is 22.1. The summed E-state index contributed by atoms with van der Waals surface area (Å²) in [5, 5.41) is 16.2. The van der Waals surface area contributed by atoms with Crippen molar-refractivity contribution in [2.45, 2.75) is 25.0 Å². The number of piperidine rings is 1. The number of fused-ring (bicyclic) bond motifs is 2. The molecule has 4 aromatic rings. The van der Waals surface area contributed by atoms with Crippen LogP contribution >= 0.6 is 0 Å². The average Bonchev–Trinajstić information content (AvgIpc) is 3.36. The number of hydrogen-bond acceptors (Lipinski definition) is 7. The lowest BCUT2D eigenvalue weighted by molar-refractivity contribution is 0.0831. The molecule has 2 aromatic heterocycles. The fourth-order valence-electron chi connectivity index (χ4n) is 4.62. The maximum absolute atomic E-state index is 12.7. The van der Waals surface area contributed by atoms with Crippen molar-refractivity contribution in [1.82, 2.24) is 20.2 Å². The van der Waals surface area contributed by atoms with Gasteiger partial charge in [0, 0.05) is 54.5 Å². The monoisotopic (exact) mass is 540 g/mol. The number of carbonyl (C=O) groups excluding carboxylic acids is 1. The molecule has 1 aliphatic rings. The molecule has 0 saturated carbocycles. The number of aliphatic hydroxyl groups is 1. The summed E-state index contributed by atoms with van der Waals surface area (Å²) in [6.45, 7) is 2.19. The van der Waals surface area contributed by atoms with Crippen molar-refractivity contribution >= 4 is 37.8 Å². The van der Waals surface area contributed by atoms with E-state index in [9.17, 15) is 18.3 Å². The molecule has 1 fully saturated rings. The third kappa shape index (κ3) is 7.29. The van der Waals surface area contributed by atoms with Gasteiger partial charge >= 0.3 is 0 Å². The van der Waals surface area contributed by atoms with Gasteiger partial charge in [-0.05, 0) is 66.3 Å². The van der Waals surface area contributed by atoms with Gasteiger partial charge in [-0.2, -0.15) is 8.42 Å². The molecule has 1 atom stereocenters. The van der Waals surface area contributed by atoms with Crippen LogP contribution in [-0.4, -0.2) is 77.9 Å². The predicted molar refractivity (Wildman–Crippen MR) is 146 cm³/mol. The minimum Gasteiger partial charge on any atom is -0.497 e. The Morgan fingerprint density at radius 2 is 1.92 bits per heavy atom. The number of aromatic nitrogens is 2. The number of H-pyrrole nitrogens is 1. The first-order valence-electron chi connectivity index (χ1n) is 12.2. The Hall–Kier alpha value is -3.51. The highest BCUT2D eigenvalue weighted by molar-refractivity contribution is 7.85. The minimum absolute atomic E-state index is 0.0396. The molecule has 1 amide bonds. The molecule has 5 rings (SSSR count). The molecule has 0 bridgehead atoms. The van der Waals surface area contributed by atoms with Crippen LogP contribution in [-0.2, 0) is 10.1 Å². The van der Waals surface area contributed by atoms with Crippen molar-refractivity contribution in [2.24, 2.45) is 0 Å². The van der Waals surface area contributed by atoms with E-state index in [1.807, 2.05) is 54.7 Å².